The highest BCUT2D eigenvalue weighted by Gasteiger charge is 2.30. The van der Waals surface area contributed by atoms with Gasteiger partial charge in [-0.3, -0.25) is 9.59 Å². The molecule has 0 aliphatic heterocycles. The molecule has 0 fully saturated rings. The number of hydrogen-bond donors (Lipinski definition) is 2. The number of amides is 1. The Kier molecular flexibility index (Phi) is 5.35. The van der Waals surface area contributed by atoms with Crippen molar-refractivity contribution in [2.75, 3.05) is 12.4 Å². The summed E-state index contributed by atoms with van der Waals surface area (Å²) in [7, 11) is 1.48. The van der Waals surface area contributed by atoms with E-state index in [2.05, 4.69) is 21.2 Å². The van der Waals surface area contributed by atoms with E-state index in [0.29, 0.717) is 11.4 Å². The lowest BCUT2D eigenvalue weighted by Crippen LogP contribution is -2.33. The minimum Gasteiger partial charge on any atom is -0.495 e. The standard InChI is InChI=1S/C13H16BrNO4/c1-7(2)11(13(17)18)12(16)15-9-6-8(14)4-5-10(9)19-3/h4-7,11H,1-3H3,(H,15,16)(H,17,18). The van der Waals surface area contributed by atoms with Crippen LogP contribution >= 0.6 is 15.9 Å². The number of carboxylic acids is 1. The first-order valence-electron chi connectivity index (χ1n) is 5.74. The van der Waals surface area contributed by atoms with Gasteiger partial charge in [0.15, 0.2) is 0 Å². The molecule has 1 aromatic carbocycles. The third-order valence-corrected chi connectivity index (χ3v) is 3.13. The Balaban J connectivity index is 2.98. The maximum Gasteiger partial charge on any atom is 0.316 e. The van der Waals surface area contributed by atoms with E-state index in [1.165, 1.54) is 7.11 Å². The average molecular weight is 330 g/mol. The van der Waals surface area contributed by atoms with Gasteiger partial charge in [0.2, 0.25) is 5.91 Å². The summed E-state index contributed by atoms with van der Waals surface area (Å²) < 4.78 is 5.88. The molecule has 0 radical (unpaired) electrons. The van der Waals surface area contributed by atoms with Crippen molar-refractivity contribution in [3.05, 3.63) is 22.7 Å². The minimum absolute atomic E-state index is 0.296. The van der Waals surface area contributed by atoms with Crippen LogP contribution in [0, 0.1) is 11.8 Å². The molecule has 1 rings (SSSR count). The van der Waals surface area contributed by atoms with E-state index < -0.39 is 17.8 Å². The summed E-state index contributed by atoms with van der Waals surface area (Å²) in [6.45, 7) is 3.38. The fourth-order valence-electron chi connectivity index (χ4n) is 1.69. The molecule has 1 unspecified atom stereocenters. The third-order valence-electron chi connectivity index (χ3n) is 2.63. The first-order chi connectivity index (χ1) is 8.86. The van der Waals surface area contributed by atoms with Gasteiger partial charge in [0, 0.05) is 4.47 Å². The van der Waals surface area contributed by atoms with Gasteiger partial charge in [0.1, 0.15) is 11.7 Å². The lowest BCUT2D eigenvalue weighted by atomic mass is 9.95. The average Bonchev–Trinajstić information content (AvgIpc) is 2.27. The Morgan fingerprint density at radius 2 is 2.00 bits per heavy atom. The van der Waals surface area contributed by atoms with Crippen LogP contribution in [-0.4, -0.2) is 24.1 Å². The number of rotatable bonds is 5. The number of carboxylic acid groups (broad SMARTS) is 1. The summed E-state index contributed by atoms with van der Waals surface area (Å²) in [6.07, 6.45) is 0. The van der Waals surface area contributed by atoms with Crippen molar-refractivity contribution in [1.82, 2.24) is 0 Å². The zero-order valence-corrected chi connectivity index (χ0v) is 12.5. The lowest BCUT2D eigenvalue weighted by Gasteiger charge is -2.17. The monoisotopic (exact) mass is 329 g/mol. The van der Waals surface area contributed by atoms with Crippen molar-refractivity contribution in [1.29, 1.82) is 0 Å². The zero-order chi connectivity index (χ0) is 14.6. The maximum absolute atomic E-state index is 12.0. The van der Waals surface area contributed by atoms with Crippen molar-refractivity contribution < 1.29 is 19.4 Å². The third kappa shape index (κ3) is 3.96. The van der Waals surface area contributed by atoms with Gasteiger partial charge in [0.05, 0.1) is 12.8 Å². The molecule has 5 nitrogen and oxygen atoms in total. The summed E-state index contributed by atoms with van der Waals surface area (Å²) in [5, 5.41) is 11.7. The molecule has 1 atom stereocenters. The highest BCUT2D eigenvalue weighted by Crippen LogP contribution is 2.28. The van der Waals surface area contributed by atoms with E-state index in [1.54, 1.807) is 32.0 Å². The molecule has 0 bridgehead atoms. The lowest BCUT2D eigenvalue weighted by molar-refractivity contribution is -0.147. The predicted octanol–water partition coefficient (Wildman–Crippen LogP) is 2.75. The summed E-state index contributed by atoms with van der Waals surface area (Å²) >= 11 is 3.29. The number of aliphatic carboxylic acids is 1. The first-order valence-corrected chi connectivity index (χ1v) is 6.53. The van der Waals surface area contributed by atoms with Crippen LogP contribution in [-0.2, 0) is 9.59 Å². The van der Waals surface area contributed by atoms with Crippen molar-refractivity contribution in [3.8, 4) is 5.75 Å². The van der Waals surface area contributed by atoms with E-state index >= 15 is 0 Å². The second-order valence-corrected chi connectivity index (χ2v) is 5.31. The van der Waals surface area contributed by atoms with E-state index in [9.17, 15) is 9.59 Å². The van der Waals surface area contributed by atoms with Gasteiger partial charge in [-0.15, -0.1) is 0 Å². The molecule has 6 heteroatoms. The highest BCUT2D eigenvalue weighted by molar-refractivity contribution is 9.10. The molecule has 0 spiro atoms. The Morgan fingerprint density at radius 3 is 2.47 bits per heavy atom. The molecule has 0 heterocycles. The summed E-state index contributed by atoms with van der Waals surface area (Å²) in [5.74, 6) is -2.61. The Hall–Kier alpha value is -1.56. The van der Waals surface area contributed by atoms with Crippen molar-refractivity contribution in [3.63, 3.8) is 0 Å². The van der Waals surface area contributed by atoms with Crippen LogP contribution in [0.2, 0.25) is 0 Å². The number of carbonyl (C=O) groups excluding carboxylic acids is 1. The largest absolute Gasteiger partial charge is 0.495 e. The summed E-state index contributed by atoms with van der Waals surface area (Å²) in [4.78, 5) is 23.1. The fraction of sp³-hybridized carbons (Fsp3) is 0.385. The molecule has 1 amide bonds. The SMILES string of the molecule is COc1ccc(Br)cc1NC(=O)C(C(=O)O)C(C)C. The van der Waals surface area contributed by atoms with Gasteiger partial charge in [-0.2, -0.15) is 0 Å². The topological polar surface area (TPSA) is 75.6 Å². The Bertz CT molecular complexity index is 488. The fourth-order valence-corrected chi connectivity index (χ4v) is 2.05. The number of halogens is 1. The van der Waals surface area contributed by atoms with E-state index in [-0.39, 0.29) is 5.92 Å². The van der Waals surface area contributed by atoms with Crippen LogP contribution in [0.4, 0.5) is 5.69 Å². The summed E-state index contributed by atoms with van der Waals surface area (Å²) in [6, 6.07) is 5.12. The van der Waals surface area contributed by atoms with Crippen molar-refractivity contribution >= 4 is 33.5 Å². The van der Waals surface area contributed by atoms with Crippen LogP contribution in [0.15, 0.2) is 22.7 Å². The van der Waals surface area contributed by atoms with E-state index in [4.69, 9.17) is 9.84 Å². The smallest absolute Gasteiger partial charge is 0.316 e. The van der Waals surface area contributed by atoms with Gasteiger partial charge in [-0.25, -0.2) is 0 Å². The highest BCUT2D eigenvalue weighted by atomic mass is 79.9. The zero-order valence-electron chi connectivity index (χ0n) is 10.9. The van der Waals surface area contributed by atoms with Gasteiger partial charge in [-0.05, 0) is 24.1 Å². The molecular formula is C13H16BrNO4. The normalized spacial score (nSPS) is 12.1. The molecule has 0 aromatic heterocycles. The van der Waals surface area contributed by atoms with Gasteiger partial charge in [-0.1, -0.05) is 29.8 Å². The van der Waals surface area contributed by atoms with Crippen LogP contribution in [0.3, 0.4) is 0 Å². The Labute approximate surface area is 120 Å². The molecular weight excluding hydrogens is 314 g/mol. The molecule has 104 valence electrons. The van der Waals surface area contributed by atoms with Crippen LogP contribution in [0.25, 0.3) is 0 Å². The summed E-state index contributed by atoms with van der Waals surface area (Å²) in [5.41, 5.74) is 0.439. The predicted molar refractivity (Wildman–Crippen MR) is 75.3 cm³/mol. The molecule has 1 aromatic rings. The number of anilines is 1. The number of methoxy groups -OCH3 is 1. The molecule has 2 N–H and O–H groups in total. The van der Waals surface area contributed by atoms with Gasteiger partial charge < -0.3 is 15.2 Å². The first kappa shape index (κ1) is 15.5. The number of nitrogens with one attached hydrogen (secondary N) is 1. The molecule has 0 aliphatic carbocycles. The minimum atomic E-state index is -1.14. The van der Waals surface area contributed by atoms with Crippen LogP contribution in [0.1, 0.15) is 13.8 Å². The molecule has 0 saturated heterocycles. The second-order valence-electron chi connectivity index (χ2n) is 4.39. The second kappa shape index (κ2) is 6.56. The Morgan fingerprint density at radius 1 is 1.37 bits per heavy atom. The van der Waals surface area contributed by atoms with Crippen LogP contribution < -0.4 is 10.1 Å². The molecule has 0 aliphatic rings. The van der Waals surface area contributed by atoms with Crippen LogP contribution in [0.5, 0.6) is 5.75 Å². The number of ether oxygens (including phenoxy) is 1. The van der Waals surface area contributed by atoms with E-state index in [0.717, 1.165) is 4.47 Å². The van der Waals surface area contributed by atoms with E-state index in [1.807, 2.05) is 0 Å². The number of hydrogen-bond acceptors (Lipinski definition) is 3. The maximum atomic E-state index is 12.0. The number of carbonyl (C=O) groups is 2. The molecule has 0 saturated carbocycles. The van der Waals surface area contributed by atoms with Crippen molar-refractivity contribution in [2.24, 2.45) is 11.8 Å². The number of benzene rings is 1. The molecule has 19 heavy (non-hydrogen) atoms. The quantitative estimate of drug-likeness (QED) is 0.814. The van der Waals surface area contributed by atoms with Gasteiger partial charge in [0.25, 0.3) is 0 Å². The van der Waals surface area contributed by atoms with Crippen molar-refractivity contribution in [2.45, 2.75) is 13.8 Å². The van der Waals surface area contributed by atoms with Gasteiger partial charge >= 0.3 is 5.97 Å².